The van der Waals surface area contributed by atoms with E-state index in [2.05, 4.69) is 40.3 Å². The Morgan fingerprint density at radius 3 is 2.88 bits per heavy atom. The second-order valence-corrected chi connectivity index (χ2v) is 5.53. The summed E-state index contributed by atoms with van der Waals surface area (Å²) in [6.45, 7) is 3.25. The average molecular weight is 298 g/mol. The minimum Gasteiger partial charge on any atom is -0.495 e. The van der Waals surface area contributed by atoms with E-state index in [4.69, 9.17) is 4.74 Å². The molecule has 3 heteroatoms. The van der Waals surface area contributed by atoms with Gasteiger partial charge in [-0.25, -0.2) is 0 Å². The molecule has 1 atom stereocenters. The van der Waals surface area contributed by atoms with E-state index in [1.807, 2.05) is 0 Å². The number of hydrogen-bond acceptors (Lipinski definition) is 2. The number of rotatable bonds is 3. The maximum absolute atomic E-state index is 5.52. The number of piperidine rings is 1. The van der Waals surface area contributed by atoms with Crippen LogP contribution in [0.1, 0.15) is 30.4 Å². The number of nitrogens with one attached hydrogen (secondary N) is 1. The third-order valence-electron chi connectivity index (χ3n) is 3.45. The number of hydrogen-bond donors (Lipinski definition) is 1. The molecular weight excluding hydrogens is 278 g/mol. The summed E-state index contributed by atoms with van der Waals surface area (Å²) in [4.78, 5) is 0. The Hall–Kier alpha value is -0.540. The summed E-state index contributed by atoms with van der Waals surface area (Å²) in [6, 6.07) is 4.95. The highest BCUT2D eigenvalue weighted by molar-refractivity contribution is 9.10. The van der Waals surface area contributed by atoms with Crippen LogP contribution in [0.3, 0.4) is 0 Å². The lowest BCUT2D eigenvalue weighted by Crippen LogP contribution is -2.35. The van der Waals surface area contributed by atoms with E-state index in [-0.39, 0.29) is 0 Å². The molecule has 1 heterocycles. The molecule has 1 unspecified atom stereocenters. The largest absolute Gasteiger partial charge is 0.495 e. The highest BCUT2D eigenvalue weighted by Crippen LogP contribution is 2.33. The number of ether oxygens (including phenoxy) is 1. The Bertz CT molecular complexity index is 386. The molecule has 1 aliphatic rings. The van der Waals surface area contributed by atoms with E-state index in [0.29, 0.717) is 6.04 Å². The molecule has 2 rings (SSSR count). The molecule has 17 heavy (non-hydrogen) atoms. The van der Waals surface area contributed by atoms with Crippen molar-refractivity contribution in [3.8, 4) is 5.75 Å². The number of benzene rings is 1. The van der Waals surface area contributed by atoms with Crippen LogP contribution < -0.4 is 10.1 Å². The molecule has 94 valence electrons. The van der Waals surface area contributed by atoms with Crippen LogP contribution in [0.15, 0.2) is 16.6 Å². The van der Waals surface area contributed by atoms with Crippen LogP contribution in [0.5, 0.6) is 5.75 Å². The predicted octanol–water partition coefficient (Wildman–Crippen LogP) is 3.45. The summed E-state index contributed by atoms with van der Waals surface area (Å²) >= 11 is 3.61. The van der Waals surface area contributed by atoms with Crippen molar-refractivity contribution in [3.05, 3.63) is 27.7 Å². The van der Waals surface area contributed by atoms with Gasteiger partial charge in [0.15, 0.2) is 0 Å². The van der Waals surface area contributed by atoms with Crippen LogP contribution in [0.25, 0.3) is 0 Å². The Morgan fingerprint density at radius 1 is 1.41 bits per heavy atom. The molecule has 1 fully saturated rings. The Morgan fingerprint density at radius 2 is 2.24 bits per heavy atom. The first-order chi connectivity index (χ1) is 8.22. The first-order valence-electron chi connectivity index (χ1n) is 6.27. The van der Waals surface area contributed by atoms with E-state index in [1.54, 1.807) is 7.11 Å². The van der Waals surface area contributed by atoms with Crippen LogP contribution in [-0.2, 0) is 6.42 Å². The monoisotopic (exact) mass is 297 g/mol. The minimum absolute atomic E-state index is 0.604. The van der Waals surface area contributed by atoms with Crippen LogP contribution in [0.4, 0.5) is 0 Å². The Balaban J connectivity index is 2.17. The van der Waals surface area contributed by atoms with Crippen molar-refractivity contribution in [1.29, 1.82) is 0 Å². The van der Waals surface area contributed by atoms with Crippen LogP contribution in [0, 0.1) is 6.92 Å². The van der Waals surface area contributed by atoms with Gasteiger partial charge in [0.25, 0.3) is 0 Å². The molecule has 0 aliphatic carbocycles. The van der Waals surface area contributed by atoms with Crippen LogP contribution >= 0.6 is 15.9 Å². The molecule has 0 amide bonds. The van der Waals surface area contributed by atoms with Crippen molar-refractivity contribution in [1.82, 2.24) is 5.32 Å². The minimum atomic E-state index is 0.604. The SMILES string of the molecule is COc1c(CC2CCCCN2)ccc(C)c1Br. The molecule has 1 N–H and O–H groups in total. The quantitative estimate of drug-likeness (QED) is 0.923. The van der Waals surface area contributed by atoms with Crippen molar-refractivity contribution in [2.45, 2.75) is 38.6 Å². The van der Waals surface area contributed by atoms with E-state index in [1.165, 1.54) is 30.4 Å². The number of aryl methyl sites for hydroxylation is 1. The summed E-state index contributed by atoms with van der Waals surface area (Å²) in [5.74, 6) is 0.998. The molecule has 0 saturated carbocycles. The molecule has 1 aromatic carbocycles. The van der Waals surface area contributed by atoms with Crippen molar-refractivity contribution < 1.29 is 4.74 Å². The predicted molar refractivity (Wildman–Crippen MR) is 74.8 cm³/mol. The first-order valence-corrected chi connectivity index (χ1v) is 7.07. The third kappa shape index (κ3) is 3.02. The first kappa shape index (κ1) is 12.9. The average Bonchev–Trinajstić information content (AvgIpc) is 2.36. The van der Waals surface area contributed by atoms with Gasteiger partial charge in [-0.1, -0.05) is 18.6 Å². The van der Waals surface area contributed by atoms with Gasteiger partial charge in [-0.3, -0.25) is 0 Å². The van der Waals surface area contributed by atoms with Crippen LogP contribution in [-0.4, -0.2) is 19.7 Å². The highest BCUT2D eigenvalue weighted by atomic mass is 79.9. The zero-order valence-electron chi connectivity index (χ0n) is 10.6. The standard InChI is InChI=1S/C14H20BrNO/c1-10-6-7-11(14(17-2)13(10)15)9-12-5-3-4-8-16-12/h6-7,12,16H,3-5,8-9H2,1-2H3. The fourth-order valence-corrected chi connectivity index (χ4v) is 2.99. The van der Waals surface area contributed by atoms with E-state index >= 15 is 0 Å². The smallest absolute Gasteiger partial charge is 0.136 e. The van der Waals surface area contributed by atoms with Crippen LogP contribution in [0.2, 0.25) is 0 Å². The molecule has 0 spiro atoms. The maximum atomic E-state index is 5.52. The lowest BCUT2D eigenvalue weighted by atomic mass is 9.96. The summed E-state index contributed by atoms with van der Waals surface area (Å²) in [5.41, 5.74) is 2.52. The van der Waals surface area contributed by atoms with Gasteiger partial charge in [0.05, 0.1) is 11.6 Å². The molecule has 1 saturated heterocycles. The number of halogens is 1. The molecule has 0 bridgehead atoms. The van der Waals surface area contributed by atoms with Gasteiger partial charge < -0.3 is 10.1 Å². The fourth-order valence-electron chi connectivity index (χ4n) is 2.44. The Labute approximate surface area is 112 Å². The lowest BCUT2D eigenvalue weighted by molar-refractivity contribution is 0.380. The highest BCUT2D eigenvalue weighted by Gasteiger charge is 2.17. The van der Waals surface area contributed by atoms with Crippen molar-refractivity contribution in [3.63, 3.8) is 0 Å². The molecular formula is C14H20BrNO. The summed E-state index contributed by atoms with van der Waals surface area (Å²) in [6.07, 6.45) is 4.98. The van der Waals surface area contributed by atoms with Crippen molar-refractivity contribution in [2.75, 3.05) is 13.7 Å². The third-order valence-corrected chi connectivity index (χ3v) is 4.44. The molecule has 1 aromatic rings. The normalized spacial score (nSPS) is 20.3. The van der Waals surface area contributed by atoms with Gasteiger partial charge in [0.2, 0.25) is 0 Å². The van der Waals surface area contributed by atoms with Gasteiger partial charge in [0, 0.05) is 6.04 Å². The maximum Gasteiger partial charge on any atom is 0.136 e. The topological polar surface area (TPSA) is 21.3 Å². The van der Waals surface area contributed by atoms with Gasteiger partial charge in [-0.15, -0.1) is 0 Å². The zero-order valence-corrected chi connectivity index (χ0v) is 12.1. The van der Waals surface area contributed by atoms with E-state index < -0.39 is 0 Å². The van der Waals surface area contributed by atoms with Gasteiger partial charge in [0.1, 0.15) is 5.75 Å². The molecule has 2 nitrogen and oxygen atoms in total. The Kier molecular flexibility index (Phi) is 4.46. The molecule has 1 aliphatic heterocycles. The van der Waals surface area contributed by atoms with Crippen molar-refractivity contribution in [2.24, 2.45) is 0 Å². The summed E-state index contributed by atoms with van der Waals surface area (Å²) in [7, 11) is 1.75. The summed E-state index contributed by atoms with van der Waals surface area (Å²) < 4.78 is 6.61. The molecule has 0 radical (unpaired) electrons. The zero-order chi connectivity index (χ0) is 12.3. The fraction of sp³-hybridized carbons (Fsp3) is 0.571. The summed E-state index contributed by atoms with van der Waals surface area (Å²) in [5, 5.41) is 3.58. The van der Waals surface area contributed by atoms with Gasteiger partial charge in [-0.05, 0) is 59.8 Å². The lowest BCUT2D eigenvalue weighted by Gasteiger charge is -2.24. The van der Waals surface area contributed by atoms with E-state index in [0.717, 1.165) is 23.2 Å². The number of methoxy groups -OCH3 is 1. The van der Waals surface area contributed by atoms with Gasteiger partial charge >= 0.3 is 0 Å². The second kappa shape index (κ2) is 5.87. The van der Waals surface area contributed by atoms with Gasteiger partial charge in [-0.2, -0.15) is 0 Å². The van der Waals surface area contributed by atoms with Crippen molar-refractivity contribution >= 4 is 15.9 Å². The van der Waals surface area contributed by atoms with E-state index in [9.17, 15) is 0 Å². The second-order valence-electron chi connectivity index (χ2n) is 4.74. The molecule has 0 aromatic heterocycles.